The van der Waals surface area contributed by atoms with Gasteiger partial charge in [0.2, 0.25) is 0 Å². The van der Waals surface area contributed by atoms with Crippen LogP contribution in [0.1, 0.15) is 5.69 Å². The molecule has 0 aliphatic heterocycles. The smallest absolute Gasteiger partial charge is 0.136 e. The molecule has 0 saturated carbocycles. The topological polar surface area (TPSA) is 43.3 Å². The average molecular weight is 196 g/mol. The molecule has 0 saturated heterocycles. The van der Waals surface area contributed by atoms with E-state index < -0.39 is 0 Å². The molecule has 0 radical (unpaired) electrons. The van der Waals surface area contributed by atoms with Gasteiger partial charge in [-0.05, 0) is 18.7 Å². The highest BCUT2D eigenvalue weighted by molar-refractivity contribution is 6.30. The third-order valence-corrected chi connectivity index (χ3v) is 2.17. The first-order valence-electron chi connectivity index (χ1n) is 4.13. The highest BCUT2D eigenvalue weighted by Gasteiger charge is 2.01. The third-order valence-electron chi connectivity index (χ3n) is 1.95. The minimum Gasteiger partial charge on any atom is -0.330 e. The molecule has 2 N–H and O–H groups in total. The van der Waals surface area contributed by atoms with Crippen LogP contribution in [0.3, 0.4) is 0 Å². The van der Waals surface area contributed by atoms with E-state index >= 15 is 0 Å². The standard InChI is InChI=1S/C9H10ClN3/c10-7-1-2-9-12-5-8(3-4-11)13(9)6-7/h1-2,5-6H,3-4,11H2. The Kier molecular flexibility index (Phi) is 2.20. The highest BCUT2D eigenvalue weighted by atomic mass is 35.5. The summed E-state index contributed by atoms with van der Waals surface area (Å²) >= 11 is 5.87. The molecule has 68 valence electrons. The van der Waals surface area contributed by atoms with Gasteiger partial charge in [0, 0.05) is 24.5 Å². The molecule has 0 aromatic carbocycles. The summed E-state index contributed by atoms with van der Waals surface area (Å²) in [6, 6.07) is 3.72. The Hall–Kier alpha value is -1.06. The zero-order chi connectivity index (χ0) is 9.26. The van der Waals surface area contributed by atoms with Crippen molar-refractivity contribution in [1.29, 1.82) is 0 Å². The van der Waals surface area contributed by atoms with Gasteiger partial charge >= 0.3 is 0 Å². The van der Waals surface area contributed by atoms with Gasteiger partial charge in [-0.2, -0.15) is 0 Å². The van der Waals surface area contributed by atoms with Crippen LogP contribution in [-0.2, 0) is 6.42 Å². The van der Waals surface area contributed by atoms with Crippen LogP contribution in [0.15, 0.2) is 24.5 Å². The van der Waals surface area contributed by atoms with Crippen LogP contribution in [0.25, 0.3) is 5.65 Å². The number of hydrogen-bond donors (Lipinski definition) is 1. The Morgan fingerprint density at radius 3 is 3.08 bits per heavy atom. The Balaban J connectivity index is 2.58. The summed E-state index contributed by atoms with van der Waals surface area (Å²) in [5.41, 5.74) is 7.48. The molecular weight excluding hydrogens is 186 g/mol. The maximum Gasteiger partial charge on any atom is 0.136 e. The van der Waals surface area contributed by atoms with Crippen molar-refractivity contribution >= 4 is 17.2 Å². The highest BCUT2D eigenvalue weighted by Crippen LogP contribution is 2.12. The van der Waals surface area contributed by atoms with Crippen LogP contribution < -0.4 is 5.73 Å². The van der Waals surface area contributed by atoms with Crippen molar-refractivity contribution in [3.63, 3.8) is 0 Å². The molecule has 4 heteroatoms. The zero-order valence-electron chi connectivity index (χ0n) is 7.07. The van der Waals surface area contributed by atoms with Gasteiger partial charge in [-0.15, -0.1) is 0 Å². The predicted molar refractivity (Wildman–Crippen MR) is 53.0 cm³/mol. The van der Waals surface area contributed by atoms with Crippen LogP contribution >= 0.6 is 11.6 Å². The number of fused-ring (bicyclic) bond motifs is 1. The molecule has 0 amide bonds. The normalized spacial score (nSPS) is 10.9. The lowest BCUT2D eigenvalue weighted by molar-refractivity contribution is 0.905. The van der Waals surface area contributed by atoms with Crippen molar-refractivity contribution in [2.75, 3.05) is 6.54 Å². The number of halogens is 1. The number of pyridine rings is 1. The van der Waals surface area contributed by atoms with E-state index in [1.54, 1.807) is 0 Å². The molecular formula is C9H10ClN3. The number of imidazole rings is 1. The van der Waals surface area contributed by atoms with Crippen molar-refractivity contribution in [1.82, 2.24) is 9.38 Å². The lowest BCUT2D eigenvalue weighted by Gasteiger charge is -1.99. The molecule has 0 spiro atoms. The van der Waals surface area contributed by atoms with Gasteiger partial charge < -0.3 is 10.1 Å². The molecule has 0 atom stereocenters. The first kappa shape index (κ1) is 8.53. The quantitative estimate of drug-likeness (QED) is 0.789. The average Bonchev–Trinajstić information content (AvgIpc) is 2.49. The molecule has 0 fully saturated rings. The fourth-order valence-electron chi connectivity index (χ4n) is 1.34. The van der Waals surface area contributed by atoms with E-state index in [0.29, 0.717) is 11.6 Å². The number of nitrogens with zero attached hydrogens (tertiary/aromatic N) is 2. The molecule has 2 rings (SSSR count). The Labute approximate surface area is 81.1 Å². The van der Waals surface area contributed by atoms with Crippen LogP contribution in [0.5, 0.6) is 0 Å². The lowest BCUT2D eigenvalue weighted by Crippen LogP contribution is -2.04. The number of aromatic nitrogens is 2. The second-order valence-electron chi connectivity index (χ2n) is 2.86. The van der Waals surface area contributed by atoms with Crippen molar-refractivity contribution in [2.45, 2.75) is 6.42 Å². The first-order chi connectivity index (χ1) is 6.31. The minimum absolute atomic E-state index is 0.625. The summed E-state index contributed by atoms with van der Waals surface area (Å²) in [5, 5.41) is 0.712. The van der Waals surface area contributed by atoms with Crippen LogP contribution in [0, 0.1) is 0 Å². The van der Waals surface area contributed by atoms with Gasteiger partial charge in [0.15, 0.2) is 0 Å². The molecule has 2 aromatic heterocycles. The van der Waals surface area contributed by atoms with Crippen LogP contribution in [-0.4, -0.2) is 15.9 Å². The van der Waals surface area contributed by atoms with Gasteiger partial charge in [-0.1, -0.05) is 11.6 Å². The lowest BCUT2D eigenvalue weighted by atomic mass is 10.3. The summed E-state index contributed by atoms with van der Waals surface area (Å²) in [6.07, 6.45) is 4.51. The Bertz CT molecular complexity index is 422. The van der Waals surface area contributed by atoms with E-state index in [-0.39, 0.29) is 0 Å². The van der Waals surface area contributed by atoms with Gasteiger partial charge in [-0.25, -0.2) is 4.98 Å². The largest absolute Gasteiger partial charge is 0.330 e. The third kappa shape index (κ3) is 1.53. The first-order valence-corrected chi connectivity index (χ1v) is 4.50. The number of rotatable bonds is 2. The van der Waals surface area contributed by atoms with Crippen molar-refractivity contribution < 1.29 is 0 Å². The minimum atomic E-state index is 0.625. The van der Waals surface area contributed by atoms with Crippen molar-refractivity contribution in [3.8, 4) is 0 Å². The zero-order valence-corrected chi connectivity index (χ0v) is 7.83. The van der Waals surface area contributed by atoms with Crippen LogP contribution in [0.2, 0.25) is 5.02 Å². The van der Waals surface area contributed by atoms with E-state index in [1.165, 1.54) is 0 Å². The van der Waals surface area contributed by atoms with E-state index in [9.17, 15) is 0 Å². The fraction of sp³-hybridized carbons (Fsp3) is 0.222. The number of hydrogen-bond acceptors (Lipinski definition) is 2. The Morgan fingerprint density at radius 1 is 1.46 bits per heavy atom. The number of nitrogens with two attached hydrogens (primary N) is 1. The maximum atomic E-state index is 5.87. The van der Waals surface area contributed by atoms with E-state index in [0.717, 1.165) is 17.8 Å². The molecule has 0 aliphatic rings. The monoisotopic (exact) mass is 195 g/mol. The van der Waals surface area contributed by atoms with E-state index in [2.05, 4.69) is 4.98 Å². The molecule has 2 aromatic rings. The summed E-state index contributed by atoms with van der Waals surface area (Å²) in [5.74, 6) is 0. The SMILES string of the molecule is NCCc1cnc2ccc(Cl)cn12. The molecule has 2 heterocycles. The summed E-state index contributed by atoms with van der Waals surface area (Å²) < 4.78 is 1.97. The van der Waals surface area contributed by atoms with Gasteiger partial charge in [-0.3, -0.25) is 0 Å². The van der Waals surface area contributed by atoms with Gasteiger partial charge in [0.1, 0.15) is 5.65 Å². The molecule has 0 unspecified atom stereocenters. The fourth-order valence-corrected chi connectivity index (χ4v) is 1.50. The molecule has 3 nitrogen and oxygen atoms in total. The van der Waals surface area contributed by atoms with Gasteiger partial charge in [0.25, 0.3) is 0 Å². The van der Waals surface area contributed by atoms with Crippen LogP contribution in [0.4, 0.5) is 0 Å². The van der Waals surface area contributed by atoms with E-state index in [4.69, 9.17) is 17.3 Å². The molecule has 13 heavy (non-hydrogen) atoms. The second-order valence-corrected chi connectivity index (χ2v) is 3.30. The second kappa shape index (κ2) is 3.36. The molecule has 0 aliphatic carbocycles. The maximum absolute atomic E-state index is 5.87. The van der Waals surface area contributed by atoms with Gasteiger partial charge in [0.05, 0.1) is 5.02 Å². The van der Waals surface area contributed by atoms with E-state index in [1.807, 2.05) is 28.9 Å². The van der Waals surface area contributed by atoms with Crippen molar-refractivity contribution in [3.05, 3.63) is 35.2 Å². The summed E-state index contributed by atoms with van der Waals surface area (Å²) in [6.45, 7) is 0.625. The molecule has 0 bridgehead atoms. The van der Waals surface area contributed by atoms with Crippen molar-refractivity contribution in [2.24, 2.45) is 5.73 Å². The predicted octanol–water partition coefficient (Wildman–Crippen LogP) is 1.49. The summed E-state index contributed by atoms with van der Waals surface area (Å²) in [4.78, 5) is 4.23. The Morgan fingerprint density at radius 2 is 2.31 bits per heavy atom. The summed E-state index contributed by atoms with van der Waals surface area (Å²) in [7, 11) is 0.